The Morgan fingerprint density at radius 2 is 0.873 bits per heavy atom. The maximum Gasteiger partial charge on any atom is 1.00 e. The van der Waals surface area contributed by atoms with Gasteiger partial charge in [-0.2, -0.15) is 0 Å². The van der Waals surface area contributed by atoms with Crippen LogP contribution in [0, 0.1) is 0 Å². The van der Waals surface area contributed by atoms with Crippen LogP contribution in [0.2, 0.25) is 0 Å². The van der Waals surface area contributed by atoms with E-state index in [1.165, 1.54) is 7.05 Å². The number of aliphatic carboxylic acids is 2. The number of likely N-dealkylation sites (N-methyl/N-ethyl adjacent to an activating group) is 1. The van der Waals surface area contributed by atoms with Crippen molar-refractivity contribution in [2.45, 2.75) is 380 Å². The number of hydrogen-bond donors (Lipinski definition) is 11. The number of hydrogen-bond acceptors (Lipinski definition) is 47. The minimum atomic E-state index is -1.64. The summed E-state index contributed by atoms with van der Waals surface area (Å²) in [5.74, 6) is -10.4. The normalized spacial score (nSPS) is 34.4. The molecule has 0 radical (unpaired) electrons. The molecule has 142 heavy (non-hydrogen) atoms. The summed E-state index contributed by atoms with van der Waals surface area (Å²) < 4.78 is 166. The second-order valence-corrected chi connectivity index (χ2v) is 39.1. The molecule has 28 atom stereocenters. The molecule has 0 aliphatic carbocycles. The number of nitrogens with two attached hydrogens (primary N) is 2. The van der Waals surface area contributed by atoms with E-state index in [1.807, 2.05) is 127 Å². The van der Waals surface area contributed by atoms with Crippen molar-refractivity contribution >= 4 is 35.4 Å². The number of ether oxygens (including phenoxy) is 29. The van der Waals surface area contributed by atoms with Crippen molar-refractivity contribution < 1.29 is 266 Å². The number of Topliss-reactive ketones (excluding diaryl/α,β-unsaturated/α-hetero) is 2. The summed E-state index contributed by atoms with van der Waals surface area (Å²) in [6, 6.07) is 5.88. The standard InChI is InChI=1S/C28H42N2O10.C21H36N2O13.C17H31NO7.C14H24O7.C12H20O6.2Na/c1-27(2)36-17-20(38-27)22-23(24-26(37-22)40-28(3,4)39-24)34-13-8-12-33-14-11-30-25(32)19(29)15-21(31)35-16-18-9-6-5-7-10-18;1-22-13(20(31)32)7-11(25)9-23-12(8-16(27)28)14(26)3-2-4-34-5-6-35-19-17(29)15(10-24)36-21(33)18(19)30;1-16(2)21-10-11(23-16)12-13(20-8-5-7-19-9-6-18)14-15(22-12)25-17(3,4)24-14;1-13(2)17-7-8(19-13)9-10(16-6-5-15)11-12(18-9)21-14(3,4)20-11;1-11(2)14-5-6(16-11)8-7(13)9-10(15-8)18-12(3,4)17-9;;/h5-7,9-10,19-20,22-24,26H,8,11-17,29H2,1-4H3,(H,30,32);12-13,15,17-19,21-24,29-30,33H,2-10H2,1H3,(H,27,28)(H,31,32);11-15H,5-10,18H2,1-4H3;8-12,15H,5-7H2,1-4H3;6-10,13H,5H2,1-4H3;;/q;;;;;2*+1/p-2/t19?,20?,22-,23-,24?,26-;12?,13?,15?,17-,18?,19+,21-;11?,12-,13-,14?,15-;8?,9-,10-,11?,12-;6?,7-,8-,9?,10-;;/m11111../s1. The maximum absolute atomic E-state index is 12.4. The summed E-state index contributed by atoms with van der Waals surface area (Å²) in [6.07, 6.45) is -14.4. The third-order valence-electron chi connectivity index (χ3n) is 23.8. The van der Waals surface area contributed by atoms with Gasteiger partial charge in [0.2, 0.25) is 5.91 Å². The van der Waals surface area contributed by atoms with E-state index in [2.05, 4.69) is 16.0 Å². The first-order valence-corrected chi connectivity index (χ1v) is 47.8. The van der Waals surface area contributed by atoms with E-state index in [-0.39, 0.29) is 204 Å². The molecule has 1 amide bonds. The predicted molar refractivity (Wildman–Crippen MR) is 472 cm³/mol. The van der Waals surface area contributed by atoms with Gasteiger partial charge in [-0.05, 0) is 143 Å². The Morgan fingerprint density at radius 1 is 0.451 bits per heavy atom. The zero-order valence-corrected chi connectivity index (χ0v) is 89.1. The first-order chi connectivity index (χ1) is 65.9. The van der Waals surface area contributed by atoms with Gasteiger partial charge < -0.3 is 215 Å². The van der Waals surface area contributed by atoms with E-state index in [9.17, 15) is 59.4 Å². The fourth-order valence-electron chi connectivity index (χ4n) is 17.4. The van der Waals surface area contributed by atoms with E-state index < -0.39 is 200 Å². The Labute approximate surface area is 872 Å². The molecule has 48 nitrogen and oxygen atoms in total. The van der Waals surface area contributed by atoms with Crippen molar-refractivity contribution in [3.63, 3.8) is 0 Å². The minimum absolute atomic E-state index is 0. The largest absolute Gasteiger partial charge is 1.00 e. The molecule has 1 aromatic rings. The zero-order valence-electron chi connectivity index (χ0n) is 85.1. The molecule has 13 N–H and O–H groups in total. The molecule has 13 fully saturated rings. The van der Waals surface area contributed by atoms with Crippen LogP contribution < -0.4 is 96.7 Å². The Balaban J connectivity index is 0.000000222. The van der Waals surface area contributed by atoms with Crippen LogP contribution in [0.15, 0.2) is 30.3 Å². The van der Waals surface area contributed by atoms with E-state index in [4.69, 9.17) is 159 Å². The molecular weight excluding hydrogens is 1910 g/mol. The van der Waals surface area contributed by atoms with Crippen LogP contribution >= 0.6 is 0 Å². The SMILES string of the molecule is CC1(C)OCC([C@H]2O[C@@H]3OC(C)(C)OC3[C@@H]2O)O1.CC1(C)OCC([C@H]2O[C@@H]3OC(C)(C)OC3[C@@H]2OCCCOCCN)O1.CC1(C)OCC([C@H]2O[C@@H]3OC(C)(C)OC3[C@@H]2OCCCOCCNC(=O)C(N)CC(=O)OCc2ccccc2)O1.CC1(C)OCC([C@H]2O[C@@H]3OC(C)(C)OC3[C@@H]2OCCO)O1.CNC(CC(=O)CNC(CC(=O)[O-])C(=O)CCCOCCO[C@@H]1C(O)[C@H](O)OC(CO)[C@H]1O)C(=O)[O-].[Na+].[Na+]. The average molecular weight is 2060 g/mol. The Kier molecular flexibility index (Phi) is 49.4. The monoisotopic (exact) mass is 2060 g/mol. The van der Waals surface area contributed by atoms with E-state index in [0.29, 0.717) is 79.0 Å². The molecule has 13 heterocycles. The number of ketones is 2. The van der Waals surface area contributed by atoms with Crippen molar-refractivity contribution in [2.75, 3.05) is 132 Å². The maximum atomic E-state index is 12.4. The fraction of sp³-hybridized carbons (Fsp3) is 0.870. The van der Waals surface area contributed by atoms with Gasteiger partial charge >= 0.3 is 65.1 Å². The molecule has 1 aromatic carbocycles. The van der Waals surface area contributed by atoms with Crippen LogP contribution in [0.25, 0.3) is 0 Å². The van der Waals surface area contributed by atoms with Crippen LogP contribution in [0.5, 0.6) is 0 Å². The van der Waals surface area contributed by atoms with Crippen molar-refractivity contribution in [1.82, 2.24) is 16.0 Å². The molecule has 804 valence electrons. The van der Waals surface area contributed by atoms with Crippen molar-refractivity contribution in [2.24, 2.45) is 11.5 Å². The number of nitrogens with one attached hydrogen (secondary N) is 3. The molecule has 13 aliphatic rings. The summed E-state index contributed by atoms with van der Waals surface area (Å²) in [5.41, 5.74) is 12.1. The smallest absolute Gasteiger partial charge is 0.550 e. The third-order valence-corrected chi connectivity index (χ3v) is 23.8. The molecule has 13 aliphatic heterocycles. The molecular formula is C92H151N5Na2O43. The van der Waals surface area contributed by atoms with Crippen LogP contribution in [-0.4, -0.2) is 416 Å². The number of esters is 1. The Bertz CT molecular complexity index is 3990. The van der Waals surface area contributed by atoms with Gasteiger partial charge in [0.1, 0.15) is 140 Å². The number of fused-ring (bicyclic) bond motifs is 4. The number of carbonyl (C=O) groups is 6. The number of amides is 1. The van der Waals surface area contributed by atoms with Crippen LogP contribution in [0.3, 0.4) is 0 Å². The first-order valence-electron chi connectivity index (χ1n) is 47.8. The molecule has 13 unspecified atom stereocenters. The second-order valence-electron chi connectivity index (χ2n) is 39.1. The molecule has 0 spiro atoms. The van der Waals surface area contributed by atoms with Gasteiger partial charge in [-0.1, -0.05) is 30.3 Å². The number of carboxylic acids is 2. The van der Waals surface area contributed by atoms with Gasteiger partial charge in [-0.3, -0.25) is 19.2 Å². The Morgan fingerprint density at radius 3 is 1.30 bits per heavy atom. The fourth-order valence-corrected chi connectivity index (χ4v) is 17.4. The third kappa shape index (κ3) is 37.4. The van der Waals surface area contributed by atoms with Crippen LogP contribution in [-0.2, 0) is 173 Å². The van der Waals surface area contributed by atoms with Crippen molar-refractivity contribution in [3.05, 3.63) is 35.9 Å². The molecule has 0 saturated carbocycles. The van der Waals surface area contributed by atoms with E-state index in [0.717, 1.165) is 12.0 Å². The quantitative estimate of drug-likeness (QED) is 0.0164. The number of carbonyl (C=O) groups excluding carboxylic acids is 6. The van der Waals surface area contributed by atoms with E-state index in [1.54, 1.807) is 13.8 Å². The molecule has 13 saturated heterocycles. The zero-order chi connectivity index (χ0) is 102. The summed E-state index contributed by atoms with van der Waals surface area (Å²) in [7, 11) is 1.34. The molecule has 14 rings (SSSR count). The van der Waals surface area contributed by atoms with Gasteiger partial charge in [0, 0.05) is 71.4 Å². The number of carboxylic acid groups (broad SMARTS) is 2. The first kappa shape index (κ1) is 124. The molecule has 0 bridgehead atoms. The Hall–Kier alpha value is -3.08. The summed E-state index contributed by atoms with van der Waals surface area (Å²) in [5, 5.41) is 87.3. The predicted octanol–water partition coefficient (Wildman–Crippen LogP) is -9.51. The van der Waals surface area contributed by atoms with Crippen LogP contribution in [0.1, 0.15) is 161 Å². The van der Waals surface area contributed by atoms with Crippen molar-refractivity contribution in [3.8, 4) is 0 Å². The van der Waals surface area contributed by atoms with Crippen LogP contribution in [0.4, 0.5) is 0 Å². The summed E-state index contributed by atoms with van der Waals surface area (Å²) in [6.45, 7) is 34.3. The number of aliphatic hydroxyl groups excluding tert-OH is 6. The summed E-state index contributed by atoms with van der Waals surface area (Å²) >= 11 is 0. The topological polar surface area (TPSA) is 626 Å². The molecule has 50 heteroatoms. The number of aliphatic hydroxyl groups is 6. The van der Waals surface area contributed by atoms with Gasteiger partial charge in [-0.15, -0.1) is 0 Å². The summed E-state index contributed by atoms with van der Waals surface area (Å²) in [4.78, 5) is 70.3. The minimum Gasteiger partial charge on any atom is -0.550 e. The number of rotatable bonds is 46. The van der Waals surface area contributed by atoms with Crippen molar-refractivity contribution in [1.29, 1.82) is 0 Å². The van der Waals surface area contributed by atoms with Gasteiger partial charge in [0.15, 0.2) is 77.7 Å². The van der Waals surface area contributed by atoms with Gasteiger partial charge in [0.25, 0.3) is 0 Å². The van der Waals surface area contributed by atoms with E-state index >= 15 is 0 Å². The second kappa shape index (κ2) is 56.5. The van der Waals surface area contributed by atoms with Gasteiger partial charge in [0.05, 0.1) is 110 Å². The number of benzene rings is 1. The molecule has 0 aromatic heterocycles. The van der Waals surface area contributed by atoms with Gasteiger partial charge in [-0.25, -0.2) is 0 Å². The average Bonchev–Trinajstić information content (AvgIpc) is 1.61.